The van der Waals surface area contributed by atoms with Gasteiger partial charge in [-0.05, 0) is 12.1 Å². The lowest BCUT2D eigenvalue weighted by molar-refractivity contribution is -0.132. The first-order chi connectivity index (χ1) is 13.6. The zero-order valence-electron chi connectivity index (χ0n) is 14.9. The van der Waals surface area contributed by atoms with E-state index in [0.29, 0.717) is 34.6 Å². The molecule has 4 nitrogen and oxygen atoms in total. The lowest BCUT2D eigenvalue weighted by Gasteiger charge is -2.30. The van der Waals surface area contributed by atoms with Crippen LogP contribution < -0.4 is 0 Å². The third-order valence-electron chi connectivity index (χ3n) is 4.86. The smallest absolute Gasteiger partial charge is 0.233 e. The average molecular weight is 453 g/mol. The topological polar surface area (TPSA) is 40.6 Å². The number of thioether (sulfide) groups is 2. The highest BCUT2D eigenvalue weighted by molar-refractivity contribution is 8.00. The van der Waals surface area contributed by atoms with E-state index in [4.69, 9.17) is 23.2 Å². The highest BCUT2D eigenvalue weighted by atomic mass is 35.5. The summed E-state index contributed by atoms with van der Waals surface area (Å²) in [5.41, 5.74) is 1.87. The normalized spacial score (nSPS) is 22.4. The van der Waals surface area contributed by atoms with Gasteiger partial charge in [0.15, 0.2) is 0 Å². The number of amides is 2. The third kappa shape index (κ3) is 3.88. The molecule has 28 heavy (non-hydrogen) atoms. The maximum Gasteiger partial charge on any atom is 0.233 e. The quantitative estimate of drug-likeness (QED) is 0.650. The minimum absolute atomic E-state index is 0.0727. The van der Waals surface area contributed by atoms with Gasteiger partial charge in [0.05, 0.1) is 11.5 Å². The van der Waals surface area contributed by atoms with E-state index in [9.17, 15) is 9.59 Å². The summed E-state index contributed by atoms with van der Waals surface area (Å²) in [6, 6.07) is 15.2. The van der Waals surface area contributed by atoms with E-state index in [1.807, 2.05) is 58.3 Å². The monoisotopic (exact) mass is 452 g/mol. The van der Waals surface area contributed by atoms with Crippen molar-refractivity contribution in [3.8, 4) is 0 Å². The fourth-order valence-electron chi connectivity index (χ4n) is 3.47. The lowest BCUT2D eigenvalue weighted by atomic mass is 10.2. The molecule has 0 radical (unpaired) electrons. The molecule has 0 N–H and O–H groups in total. The molecule has 4 rings (SSSR count). The number of hydrogen-bond acceptors (Lipinski definition) is 4. The third-order valence-corrected chi connectivity index (χ3v) is 8.02. The fourth-order valence-corrected chi connectivity index (χ4v) is 6.59. The van der Waals surface area contributed by atoms with Crippen molar-refractivity contribution < 1.29 is 9.59 Å². The first-order valence-electron chi connectivity index (χ1n) is 8.87. The molecule has 0 aliphatic carbocycles. The number of hydrogen-bond donors (Lipinski definition) is 0. The Morgan fingerprint density at radius 1 is 0.750 bits per heavy atom. The summed E-state index contributed by atoms with van der Waals surface area (Å²) in [5, 5.41) is 1.07. The Bertz CT molecular complexity index is 838. The van der Waals surface area contributed by atoms with Gasteiger partial charge in [-0.3, -0.25) is 9.59 Å². The highest BCUT2D eigenvalue weighted by Crippen LogP contribution is 2.43. The Labute approximate surface area is 182 Å². The summed E-state index contributed by atoms with van der Waals surface area (Å²) in [4.78, 5) is 28.6. The highest BCUT2D eigenvalue weighted by Gasteiger charge is 2.37. The first kappa shape index (κ1) is 20.0. The van der Waals surface area contributed by atoms with Gasteiger partial charge in [-0.2, -0.15) is 0 Å². The molecule has 0 unspecified atom stereocenters. The Kier molecular flexibility index (Phi) is 6.11. The fraction of sp³-hybridized carbons (Fsp3) is 0.300. The maximum atomic E-state index is 12.5. The molecule has 2 atom stereocenters. The second-order valence-electron chi connectivity index (χ2n) is 6.54. The van der Waals surface area contributed by atoms with Crippen LogP contribution in [0.5, 0.6) is 0 Å². The van der Waals surface area contributed by atoms with Gasteiger partial charge in [-0.25, -0.2) is 0 Å². The van der Waals surface area contributed by atoms with Crippen LogP contribution >= 0.6 is 46.7 Å². The Hall–Kier alpha value is -1.34. The molecule has 2 saturated heterocycles. The van der Waals surface area contributed by atoms with Crippen molar-refractivity contribution in [2.75, 3.05) is 24.6 Å². The number of halogens is 2. The second-order valence-corrected chi connectivity index (χ2v) is 9.50. The van der Waals surface area contributed by atoms with Gasteiger partial charge in [0.2, 0.25) is 11.8 Å². The predicted molar refractivity (Wildman–Crippen MR) is 117 cm³/mol. The van der Waals surface area contributed by atoms with Gasteiger partial charge in [-0.1, -0.05) is 59.6 Å². The minimum atomic E-state index is -0.120. The van der Waals surface area contributed by atoms with Crippen LogP contribution in [0.4, 0.5) is 0 Å². The van der Waals surface area contributed by atoms with Crippen molar-refractivity contribution in [3.05, 3.63) is 69.7 Å². The minimum Gasteiger partial charge on any atom is -0.324 e. The van der Waals surface area contributed by atoms with Crippen LogP contribution in [0.15, 0.2) is 48.5 Å². The second kappa shape index (κ2) is 8.57. The van der Waals surface area contributed by atoms with Crippen LogP contribution in [0.1, 0.15) is 21.9 Å². The number of benzene rings is 2. The van der Waals surface area contributed by atoms with E-state index < -0.39 is 0 Å². The SMILES string of the molecule is O=C1CS[C@H](c2ccccc2Cl)N1CCN1C(=O)CS[C@@H]1c1ccccc1Cl. The van der Waals surface area contributed by atoms with Crippen molar-refractivity contribution in [2.24, 2.45) is 0 Å². The van der Waals surface area contributed by atoms with Crippen molar-refractivity contribution in [2.45, 2.75) is 10.7 Å². The Morgan fingerprint density at radius 3 is 1.54 bits per heavy atom. The molecular formula is C20H18Cl2N2O2S2. The van der Waals surface area contributed by atoms with E-state index in [2.05, 4.69) is 0 Å². The summed E-state index contributed by atoms with van der Waals surface area (Å²) < 4.78 is 0. The molecule has 146 valence electrons. The maximum absolute atomic E-state index is 12.5. The first-order valence-corrected chi connectivity index (χ1v) is 11.7. The summed E-state index contributed by atoms with van der Waals surface area (Å²) >= 11 is 15.9. The van der Waals surface area contributed by atoms with Crippen LogP contribution in [-0.2, 0) is 9.59 Å². The molecule has 0 spiro atoms. The van der Waals surface area contributed by atoms with Crippen molar-refractivity contribution in [3.63, 3.8) is 0 Å². The molecule has 2 aliphatic rings. The summed E-state index contributed by atoms with van der Waals surface area (Å²) in [5.74, 6) is 0.992. The number of carbonyl (C=O) groups is 2. The van der Waals surface area contributed by atoms with Crippen LogP contribution in [0.25, 0.3) is 0 Å². The summed E-state index contributed by atoms with van der Waals surface area (Å²) in [6.45, 7) is 0.934. The predicted octanol–water partition coefficient (Wildman–Crippen LogP) is 4.84. The largest absolute Gasteiger partial charge is 0.324 e. The molecular weight excluding hydrogens is 435 g/mol. The van der Waals surface area contributed by atoms with Gasteiger partial charge < -0.3 is 9.80 Å². The molecule has 2 amide bonds. The number of carbonyl (C=O) groups excluding carboxylic acids is 2. The van der Waals surface area contributed by atoms with E-state index >= 15 is 0 Å². The van der Waals surface area contributed by atoms with Gasteiger partial charge in [0, 0.05) is 34.3 Å². The molecule has 0 aromatic heterocycles. The van der Waals surface area contributed by atoms with Gasteiger partial charge in [-0.15, -0.1) is 23.5 Å². The Morgan fingerprint density at radius 2 is 1.14 bits per heavy atom. The van der Waals surface area contributed by atoms with Crippen LogP contribution in [0, 0.1) is 0 Å². The molecule has 8 heteroatoms. The molecule has 2 aromatic carbocycles. The van der Waals surface area contributed by atoms with Crippen molar-refractivity contribution in [1.82, 2.24) is 9.80 Å². The van der Waals surface area contributed by atoms with Crippen molar-refractivity contribution >= 4 is 58.5 Å². The van der Waals surface area contributed by atoms with E-state index in [-0.39, 0.29) is 22.6 Å². The van der Waals surface area contributed by atoms with E-state index in [1.165, 1.54) is 0 Å². The molecule has 2 heterocycles. The molecule has 2 aromatic rings. The zero-order valence-corrected chi connectivity index (χ0v) is 18.0. The average Bonchev–Trinajstić information content (AvgIpc) is 3.23. The van der Waals surface area contributed by atoms with E-state index in [0.717, 1.165) is 11.1 Å². The summed E-state index contributed by atoms with van der Waals surface area (Å²) in [6.07, 6.45) is 0. The van der Waals surface area contributed by atoms with Crippen LogP contribution in [0.2, 0.25) is 10.0 Å². The van der Waals surface area contributed by atoms with Crippen LogP contribution in [0.3, 0.4) is 0 Å². The molecule has 0 bridgehead atoms. The van der Waals surface area contributed by atoms with Gasteiger partial charge in [0.25, 0.3) is 0 Å². The number of nitrogens with zero attached hydrogens (tertiary/aromatic N) is 2. The molecule has 0 saturated carbocycles. The lowest BCUT2D eigenvalue weighted by Crippen LogP contribution is -2.39. The standard InChI is InChI=1S/C20H18Cl2N2O2S2/c21-15-7-3-1-5-13(15)19-23(17(25)11-27-19)9-10-24-18(26)12-28-20(24)14-6-2-4-8-16(14)22/h1-8,19-20H,9-12H2/t19-,20-/m1/s1. The molecule has 2 fully saturated rings. The Balaban J connectivity index is 1.52. The molecule has 2 aliphatic heterocycles. The van der Waals surface area contributed by atoms with Crippen LogP contribution in [-0.4, -0.2) is 46.2 Å². The number of rotatable bonds is 5. The van der Waals surface area contributed by atoms with Gasteiger partial charge >= 0.3 is 0 Å². The van der Waals surface area contributed by atoms with Crippen molar-refractivity contribution in [1.29, 1.82) is 0 Å². The summed E-state index contributed by atoms with van der Waals surface area (Å²) in [7, 11) is 0. The van der Waals surface area contributed by atoms with E-state index in [1.54, 1.807) is 23.5 Å². The van der Waals surface area contributed by atoms with Gasteiger partial charge in [0.1, 0.15) is 10.7 Å². The zero-order chi connectivity index (χ0) is 19.7.